The van der Waals surface area contributed by atoms with Crippen molar-refractivity contribution in [3.8, 4) is 6.07 Å². The highest BCUT2D eigenvalue weighted by molar-refractivity contribution is 6.36. The quantitative estimate of drug-likeness (QED) is 0.856. The zero-order valence-electron chi connectivity index (χ0n) is 10.4. The van der Waals surface area contributed by atoms with Crippen molar-refractivity contribution in [2.75, 3.05) is 6.61 Å². The van der Waals surface area contributed by atoms with E-state index in [1.807, 2.05) is 13.0 Å². The van der Waals surface area contributed by atoms with Crippen LogP contribution in [0, 0.1) is 17.2 Å². The number of carbonyl (C=O) groups is 1. The van der Waals surface area contributed by atoms with Crippen LogP contribution in [-0.2, 0) is 9.53 Å². The second-order valence-electron chi connectivity index (χ2n) is 4.57. The smallest absolute Gasteiger partial charge is 0.160 e. The third-order valence-corrected chi connectivity index (χ3v) is 4.10. The fourth-order valence-corrected chi connectivity index (χ4v) is 2.99. The summed E-state index contributed by atoms with van der Waals surface area (Å²) in [5.74, 6) is -1.37. The summed E-state index contributed by atoms with van der Waals surface area (Å²) in [5, 5.41) is 10.0. The first-order chi connectivity index (χ1) is 9.06. The Hall–Kier alpha value is -1.08. The summed E-state index contributed by atoms with van der Waals surface area (Å²) in [6.07, 6.45) is 0.477. The minimum absolute atomic E-state index is 0.162. The molecule has 1 aromatic carbocycles. The first-order valence-electron chi connectivity index (χ1n) is 6.05. The second kappa shape index (κ2) is 5.92. The van der Waals surface area contributed by atoms with Crippen molar-refractivity contribution in [2.45, 2.75) is 25.4 Å². The number of halogens is 2. The summed E-state index contributed by atoms with van der Waals surface area (Å²) in [5.41, 5.74) is 0.400. The third kappa shape index (κ3) is 2.76. The maximum absolute atomic E-state index is 12.5. The zero-order valence-corrected chi connectivity index (χ0v) is 11.9. The molecule has 1 saturated heterocycles. The van der Waals surface area contributed by atoms with Crippen molar-refractivity contribution in [1.82, 2.24) is 0 Å². The average molecular weight is 298 g/mol. The second-order valence-corrected chi connectivity index (χ2v) is 5.39. The Balaban J connectivity index is 2.35. The lowest BCUT2D eigenvalue weighted by Gasteiger charge is -2.18. The molecule has 0 aromatic heterocycles. The fraction of sp³-hybridized carbons (Fsp3) is 0.429. The summed E-state index contributed by atoms with van der Waals surface area (Å²) in [6, 6.07) is 6.98. The van der Waals surface area contributed by atoms with Gasteiger partial charge < -0.3 is 4.74 Å². The number of rotatable bonds is 3. The number of nitrogens with zero attached hydrogens (tertiary/aromatic N) is 1. The Labute approximate surface area is 122 Å². The van der Waals surface area contributed by atoms with Crippen molar-refractivity contribution in [3.63, 3.8) is 0 Å². The number of hydrogen-bond donors (Lipinski definition) is 0. The fourth-order valence-electron chi connectivity index (χ4n) is 2.38. The number of Topliss-reactive ketones (excluding diaryl/α,β-unsaturated/α-hetero) is 1. The predicted molar refractivity (Wildman–Crippen MR) is 73.3 cm³/mol. The van der Waals surface area contributed by atoms with Crippen LogP contribution in [0.4, 0.5) is 0 Å². The molecule has 1 heterocycles. The van der Waals surface area contributed by atoms with Gasteiger partial charge in [-0.1, -0.05) is 29.3 Å². The lowest BCUT2D eigenvalue weighted by Crippen LogP contribution is -2.26. The van der Waals surface area contributed by atoms with E-state index in [2.05, 4.69) is 0 Å². The van der Waals surface area contributed by atoms with Gasteiger partial charge in [-0.05, 0) is 25.5 Å². The Morgan fingerprint density at radius 3 is 2.58 bits per heavy atom. The van der Waals surface area contributed by atoms with E-state index >= 15 is 0 Å². The van der Waals surface area contributed by atoms with Crippen LogP contribution in [0.15, 0.2) is 18.2 Å². The SMILES string of the molecule is CC1OCCC1C(=O)C(C#N)c1c(Cl)cccc1Cl. The molecule has 0 radical (unpaired) electrons. The van der Waals surface area contributed by atoms with E-state index in [0.717, 1.165) is 0 Å². The van der Waals surface area contributed by atoms with Crippen LogP contribution in [-0.4, -0.2) is 18.5 Å². The number of carbonyl (C=O) groups excluding carboxylic acids is 1. The highest BCUT2D eigenvalue weighted by Crippen LogP contribution is 2.35. The van der Waals surface area contributed by atoms with E-state index < -0.39 is 5.92 Å². The molecule has 0 amide bonds. The van der Waals surface area contributed by atoms with Gasteiger partial charge in [0.25, 0.3) is 0 Å². The van der Waals surface area contributed by atoms with Crippen molar-refractivity contribution in [3.05, 3.63) is 33.8 Å². The molecule has 3 nitrogen and oxygen atoms in total. The van der Waals surface area contributed by atoms with Gasteiger partial charge in [0.2, 0.25) is 0 Å². The molecule has 0 aliphatic carbocycles. The molecule has 0 spiro atoms. The first kappa shape index (κ1) is 14.3. The Kier molecular flexibility index (Phi) is 4.46. The first-order valence-corrected chi connectivity index (χ1v) is 6.80. The molecule has 3 atom stereocenters. The maximum Gasteiger partial charge on any atom is 0.160 e. The summed E-state index contributed by atoms with van der Waals surface area (Å²) in [7, 11) is 0. The van der Waals surface area contributed by atoms with Crippen LogP contribution in [0.5, 0.6) is 0 Å². The average Bonchev–Trinajstić information content (AvgIpc) is 2.79. The molecule has 19 heavy (non-hydrogen) atoms. The molecule has 100 valence electrons. The van der Waals surface area contributed by atoms with Crippen LogP contribution in [0.3, 0.4) is 0 Å². The lowest BCUT2D eigenvalue weighted by molar-refractivity contribution is -0.124. The van der Waals surface area contributed by atoms with Crippen LogP contribution >= 0.6 is 23.2 Å². The van der Waals surface area contributed by atoms with Crippen molar-refractivity contribution in [2.24, 2.45) is 5.92 Å². The van der Waals surface area contributed by atoms with Gasteiger partial charge in [0.15, 0.2) is 5.78 Å². The minimum atomic E-state index is -0.935. The molecule has 1 fully saturated rings. The highest BCUT2D eigenvalue weighted by Gasteiger charge is 2.37. The van der Waals surface area contributed by atoms with E-state index in [1.165, 1.54) is 0 Å². The maximum atomic E-state index is 12.5. The summed E-state index contributed by atoms with van der Waals surface area (Å²) in [4.78, 5) is 12.5. The molecule has 1 aliphatic heterocycles. The molecule has 2 rings (SSSR count). The van der Waals surface area contributed by atoms with E-state index in [9.17, 15) is 10.1 Å². The largest absolute Gasteiger partial charge is 0.378 e. The van der Waals surface area contributed by atoms with Gasteiger partial charge in [-0.25, -0.2) is 0 Å². The van der Waals surface area contributed by atoms with Gasteiger partial charge in [-0.2, -0.15) is 5.26 Å². The number of ether oxygens (including phenoxy) is 1. The number of nitriles is 1. The number of ketones is 1. The van der Waals surface area contributed by atoms with Gasteiger partial charge in [-0.15, -0.1) is 0 Å². The lowest BCUT2D eigenvalue weighted by atomic mass is 9.85. The molecule has 0 bridgehead atoms. The molecular formula is C14H13Cl2NO2. The minimum Gasteiger partial charge on any atom is -0.378 e. The van der Waals surface area contributed by atoms with Gasteiger partial charge in [0.1, 0.15) is 5.92 Å². The monoisotopic (exact) mass is 297 g/mol. The summed E-state index contributed by atoms with van der Waals surface area (Å²) < 4.78 is 5.38. The van der Waals surface area contributed by atoms with Gasteiger partial charge in [-0.3, -0.25) is 4.79 Å². The van der Waals surface area contributed by atoms with E-state index in [1.54, 1.807) is 18.2 Å². The van der Waals surface area contributed by atoms with E-state index in [4.69, 9.17) is 27.9 Å². The Morgan fingerprint density at radius 2 is 2.11 bits per heavy atom. The van der Waals surface area contributed by atoms with Gasteiger partial charge in [0.05, 0.1) is 12.2 Å². The molecule has 1 aliphatic rings. The van der Waals surface area contributed by atoms with Crippen LogP contribution in [0.25, 0.3) is 0 Å². The summed E-state index contributed by atoms with van der Waals surface area (Å²) in [6.45, 7) is 2.39. The normalized spacial score (nSPS) is 23.9. The molecule has 1 aromatic rings. The van der Waals surface area contributed by atoms with Crippen LogP contribution in [0.2, 0.25) is 10.0 Å². The molecule has 5 heteroatoms. The Morgan fingerprint density at radius 1 is 1.47 bits per heavy atom. The van der Waals surface area contributed by atoms with Gasteiger partial charge in [0, 0.05) is 28.1 Å². The van der Waals surface area contributed by atoms with E-state index in [-0.39, 0.29) is 17.8 Å². The van der Waals surface area contributed by atoms with Crippen molar-refractivity contribution in [1.29, 1.82) is 5.26 Å². The predicted octanol–water partition coefficient (Wildman–Crippen LogP) is 3.59. The zero-order chi connectivity index (χ0) is 14.0. The molecule has 0 saturated carbocycles. The standard InChI is InChI=1S/C14H13Cl2NO2/c1-8-9(5-6-19-8)14(18)10(7-17)13-11(15)3-2-4-12(13)16/h2-4,8-10H,5-6H2,1H3. The number of hydrogen-bond acceptors (Lipinski definition) is 3. The molecule has 0 N–H and O–H groups in total. The van der Waals surface area contributed by atoms with E-state index in [0.29, 0.717) is 28.6 Å². The Bertz CT molecular complexity index is 518. The highest BCUT2D eigenvalue weighted by atomic mass is 35.5. The molecule has 3 unspecified atom stereocenters. The summed E-state index contributed by atoms with van der Waals surface area (Å²) >= 11 is 12.1. The topological polar surface area (TPSA) is 50.1 Å². The third-order valence-electron chi connectivity index (χ3n) is 3.44. The van der Waals surface area contributed by atoms with Crippen molar-refractivity contribution < 1.29 is 9.53 Å². The number of benzene rings is 1. The van der Waals surface area contributed by atoms with Crippen molar-refractivity contribution >= 4 is 29.0 Å². The molecular weight excluding hydrogens is 285 g/mol. The van der Waals surface area contributed by atoms with Crippen LogP contribution < -0.4 is 0 Å². The van der Waals surface area contributed by atoms with Gasteiger partial charge >= 0.3 is 0 Å². The van der Waals surface area contributed by atoms with Crippen LogP contribution in [0.1, 0.15) is 24.8 Å².